The maximum atomic E-state index is 4.69. The normalized spacial score (nSPS) is 11.3. The molecule has 0 radical (unpaired) electrons. The Morgan fingerprint density at radius 2 is 1.95 bits per heavy atom. The van der Waals surface area contributed by atoms with E-state index in [1.165, 1.54) is 11.3 Å². The van der Waals surface area contributed by atoms with E-state index in [4.69, 9.17) is 5.10 Å². The molecule has 114 valence electrons. The van der Waals surface area contributed by atoms with Crippen LogP contribution >= 0.6 is 15.9 Å². The lowest BCUT2D eigenvalue weighted by Crippen LogP contribution is -2.22. The molecule has 0 unspecified atom stereocenters. The van der Waals surface area contributed by atoms with Gasteiger partial charge in [0.1, 0.15) is 0 Å². The first-order valence-electron chi connectivity index (χ1n) is 7.65. The van der Waals surface area contributed by atoms with E-state index < -0.39 is 0 Å². The molecule has 0 atom stereocenters. The topological polar surface area (TPSA) is 29.9 Å². The minimum absolute atomic E-state index is 0.487. The van der Waals surface area contributed by atoms with Crippen LogP contribution in [0.3, 0.4) is 0 Å². The Bertz CT molecular complexity index is 602. The molecule has 2 aromatic rings. The van der Waals surface area contributed by atoms with Gasteiger partial charge in [-0.25, -0.2) is 4.68 Å². The summed E-state index contributed by atoms with van der Waals surface area (Å²) in [6.07, 6.45) is 1.96. The molecule has 0 aliphatic carbocycles. The molecule has 1 heterocycles. The van der Waals surface area contributed by atoms with E-state index in [2.05, 4.69) is 77.9 Å². The highest BCUT2D eigenvalue weighted by atomic mass is 79.9. The first-order valence-corrected chi connectivity index (χ1v) is 8.44. The molecule has 0 aliphatic heterocycles. The Kier molecular flexibility index (Phi) is 5.59. The molecular formula is C17H24BrN3. The van der Waals surface area contributed by atoms with Gasteiger partial charge in [0, 0.05) is 22.8 Å². The Balaban J connectivity index is 2.29. The van der Waals surface area contributed by atoms with E-state index in [1.54, 1.807) is 0 Å². The highest BCUT2D eigenvalue weighted by Crippen LogP contribution is 2.22. The summed E-state index contributed by atoms with van der Waals surface area (Å²) in [4.78, 5) is 0. The number of nitrogens with one attached hydrogen (secondary N) is 1. The van der Waals surface area contributed by atoms with E-state index in [9.17, 15) is 0 Å². The van der Waals surface area contributed by atoms with Crippen LogP contribution in [0.25, 0.3) is 5.69 Å². The third-order valence-electron chi connectivity index (χ3n) is 3.54. The van der Waals surface area contributed by atoms with Crippen molar-refractivity contribution in [2.24, 2.45) is 0 Å². The van der Waals surface area contributed by atoms with Gasteiger partial charge in [0.15, 0.2) is 0 Å². The molecule has 1 N–H and O–H groups in total. The van der Waals surface area contributed by atoms with Crippen molar-refractivity contribution in [1.29, 1.82) is 0 Å². The number of halogens is 1. The van der Waals surface area contributed by atoms with E-state index in [0.29, 0.717) is 6.04 Å². The fourth-order valence-electron chi connectivity index (χ4n) is 2.25. The maximum absolute atomic E-state index is 4.69. The van der Waals surface area contributed by atoms with Crippen molar-refractivity contribution in [2.45, 2.75) is 53.1 Å². The van der Waals surface area contributed by atoms with Crippen LogP contribution in [0.5, 0.6) is 0 Å². The molecule has 21 heavy (non-hydrogen) atoms. The average molecular weight is 350 g/mol. The quantitative estimate of drug-likeness (QED) is 0.844. The molecule has 0 saturated heterocycles. The van der Waals surface area contributed by atoms with Gasteiger partial charge >= 0.3 is 0 Å². The van der Waals surface area contributed by atoms with Gasteiger partial charge in [0.2, 0.25) is 0 Å². The second-order valence-electron chi connectivity index (χ2n) is 5.56. The summed E-state index contributed by atoms with van der Waals surface area (Å²) in [5.74, 6) is 0. The van der Waals surface area contributed by atoms with Crippen LogP contribution in [0.2, 0.25) is 0 Å². The molecule has 0 aliphatic rings. The number of nitrogens with zero attached hydrogens (tertiary/aromatic N) is 2. The van der Waals surface area contributed by atoms with Gasteiger partial charge in [0.05, 0.1) is 11.4 Å². The first-order chi connectivity index (χ1) is 10.0. The highest BCUT2D eigenvalue weighted by Gasteiger charge is 2.09. The minimum Gasteiger partial charge on any atom is -0.310 e. The van der Waals surface area contributed by atoms with Crippen molar-refractivity contribution in [2.75, 3.05) is 0 Å². The van der Waals surface area contributed by atoms with Crippen LogP contribution < -0.4 is 5.32 Å². The minimum atomic E-state index is 0.487. The lowest BCUT2D eigenvalue weighted by atomic mass is 10.2. The van der Waals surface area contributed by atoms with Crippen LogP contribution in [0.1, 0.15) is 44.6 Å². The smallest absolute Gasteiger partial charge is 0.0660 e. The molecule has 3 nitrogen and oxygen atoms in total. The summed E-state index contributed by atoms with van der Waals surface area (Å²) in [5.41, 5.74) is 4.79. The third kappa shape index (κ3) is 3.95. The first kappa shape index (κ1) is 16.2. The highest BCUT2D eigenvalue weighted by molar-refractivity contribution is 9.10. The van der Waals surface area contributed by atoms with Crippen LogP contribution in [0.15, 0.2) is 28.7 Å². The summed E-state index contributed by atoms with van der Waals surface area (Å²) < 4.78 is 3.19. The van der Waals surface area contributed by atoms with Crippen molar-refractivity contribution < 1.29 is 0 Å². The molecule has 1 aromatic carbocycles. The second-order valence-corrected chi connectivity index (χ2v) is 6.41. The molecule has 0 fully saturated rings. The van der Waals surface area contributed by atoms with Crippen molar-refractivity contribution in [3.63, 3.8) is 0 Å². The molecular weight excluding hydrogens is 326 g/mol. The Hall–Kier alpha value is -1.13. The van der Waals surface area contributed by atoms with Crippen LogP contribution in [0.4, 0.5) is 0 Å². The molecule has 4 heteroatoms. The standard InChI is InChI=1S/C17H24BrN3/c1-5-14-9-15(6-2)21(20-14)16-8-7-13(17(18)10-16)11-19-12(3)4/h7-10,12,19H,5-6,11H2,1-4H3. The van der Waals surface area contributed by atoms with Crippen LogP contribution in [0, 0.1) is 0 Å². The summed E-state index contributed by atoms with van der Waals surface area (Å²) in [5, 5.41) is 8.14. The maximum Gasteiger partial charge on any atom is 0.0660 e. The van der Waals surface area contributed by atoms with Crippen molar-refractivity contribution in [3.05, 3.63) is 45.7 Å². The summed E-state index contributed by atoms with van der Waals surface area (Å²) in [7, 11) is 0. The fourth-order valence-corrected chi connectivity index (χ4v) is 2.76. The van der Waals surface area contributed by atoms with Gasteiger partial charge in [-0.3, -0.25) is 0 Å². The second kappa shape index (κ2) is 7.23. The van der Waals surface area contributed by atoms with Gasteiger partial charge in [-0.05, 0) is 36.6 Å². The Morgan fingerprint density at radius 1 is 1.19 bits per heavy atom. The SMILES string of the molecule is CCc1cc(CC)n(-c2ccc(CNC(C)C)c(Br)c2)n1. The van der Waals surface area contributed by atoms with Crippen LogP contribution in [-0.4, -0.2) is 15.8 Å². The van der Waals surface area contributed by atoms with Gasteiger partial charge in [-0.1, -0.05) is 49.7 Å². The van der Waals surface area contributed by atoms with E-state index in [0.717, 1.165) is 35.2 Å². The monoisotopic (exact) mass is 349 g/mol. The zero-order chi connectivity index (χ0) is 15.4. The fraction of sp³-hybridized carbons (Fsp3) is 0.471. The van der Waals surface area contributed by atoms with Crippen LogP contribution in [-0.2, 0) is 19.4 Å². The molecule has 0 amide bonds. The van der Waals surface area contributed by atoms with Crippen molar-refractivity contribution in [1.82, 2.24) is 15.1 Å². The van der Waals surface area contributed by atoms with Gasteiger partial charge in [0.25, 0.3) is 0 Å². The van der Waals surface area contributed by atoms with Gasteiger partial charge < -0.3 is 5.32 Å². The Morgan fingerprint density at radius 3 is 2.52 bits per heavy atom. The predicted molar refractivity (Wildman–Crippen MR) is 92.0 cm³/mol. The number of rotatable bonds is 6. The van der Waals surface area contributed by atoms with E-state index in [-0.39, 0.29) is 0 Å². The predicted octanol–water partition coefficient (Wildman–Crippen LogP) is 4.26. The average Bonchev–Trinajstić information content (AvgIpc) is 2.89. The molecule has 1 aromatic heterocycles. The number of hydrogen-bond acceptors (Lipinski definition) is 2. The lowest BCUT2D eigenvalue weighted by Gasteiger charge is -2.12. The lowest BCUT2D eigenvalue weighted by molar-refractivity contribution is 0.587. The summed E-state index contributed by atoms with van der Waals surface area (Å²) in [6, 6.07) is 9.15. The molecule has 0 bridgehead atoms. The summed E-state index contributed by atoms with van der Waals surface area (Å²) in [6.45, 7) is 9.50. The molecule has 0 spiro atoms. The van der Waals surface area contributed by atoms with Gasteiger partial charge in [-0.15, -0.1) is 0 Å². The summed E-state index contributed by atoms with van der Waals surface area (Å²) >= 11 is 3.68. The molecule has 0 saturated carbocycles. The zero-order valence-corrected chi connectivity index (χ0v) is 14.9. The number of aromatic nitrogens is 2. The van der Waals surface area contributed by atoms with Crippen molar-refractivity contribution in [3.8, 4) is 5.69 Å². The van der Waals surface area contributed by atoms with Crippen molar-refractivity contribution >= 4 is 15.9 Å². The number of aryl methyl sites for hydroxylation is 2. The van der Waals surface area contributed by atoms with E-state index >= 15 is 0 Å². The Labute approximate surface area is 135 Å². The number of benzene rings is 1. The largest absolute Gasteiger partial charge is 0.310 e. The molecule has 2 rings (SSSR count). The zero-order valence-electron chi connectivity index (χ0n) is 13.3. The number of hydrogen-bond donors (Lipinski definition) is 1. The van der Waals surface area contributed by atoms with Gasteiger partial charge in [-0.2, -0.15) is 5.10 Å². The third-order valence-corrected chi connectivity index (χ3v) is 4.28. The van der Waals surface area contributed by atoms with E-state index in [1.807, 2.05) is 0 Å².